The van der Waals surface area contributed by atoms with Crippen molar-refractivity contribution in [2.75, 3.05) is 6.54 Å². The van der Waals surface area contributed by atoms with Crippen LogP contribution < -0.4 is 5.32 Å². The fourth-order valence-corrected chi connectivity index (χ4v) is 0.613. The van der Waals surface area contributed by atoms with Gasteiger partial charge in [0.15, 0.2) is 0 Å². The molecule has 0 saturated carbocycles. The molecule has 1 saturated heterocycles. The molecule has 1 fully saturated rings. The van der Waals surface area contributed by atoms with Crippen LogP contribution in [-0.2, 0) is 4.79 Å². The van der Waals surface area contributed by atoms with Crippen molar-refractivity contribution < 1.29 is 4.79 Å². The highest BCUT2D eigenvalue weighted by Gasteiger charge is 2.16. The maximum Gasteiger partial charge on any atom is 0.214 e. The van der Waals surface area contributed by atoms with E-state index in [0.717, 1.165) is 13.0 Å². The molecule has 0 aromatic carbocycles. The first-order valence-corrected chi connectivity index (χ1v) is 2.34. The van der Waals surface area contributed by atoms with Crippen LogP contribution in [0.3, 0.4) is 0 Å². The second-order valence-electron chi connectivity index (χ2n) is 1.69. The molecule has 2 nitrogen and oxygen atoms in total. The van der Waals surface area contributed by atoms with E-state index in [2.05, 4.69) is 5.32 Å². The number of carbonyl (C=O) groups excluding carboxylic acids is 1. The summed E-state index contributed by atoms with van der Waals surface area (Å²) >= 11 is 0. The van der Waals surface area contributed by atoms with Gasteiger partial charge in [-0.15, -0.1) is 0 Å². The molecule has 0 aromatic heterocycles. The van der Waals surface area contributed by atoms with Crippen LogP contribution in [0.25, 0.3) is 0 Å². The lowest BCUT2D eigenvalue weighted by molar-refractivity contribution is -0.119. The second kappa shape index (κ2) is 1.56. The summed E-state index contributed by atoms with van der Waals surface area (Å²) in [6.07, 6.45) is 0.791. The molecule has 1 unspecified atom stereocenters. The summed E-state index contributed by atoms with van der Waals surface area (Å²) in [4.78, 5) is 10.3. The van der Waals surface area contributed by atoms with Crippen LogP contribution in [0.4, 0.5) is 0 Å². The van der Waals surface area contributed by atoms with Crippen LogP contribution in [0.5, 0.6) is 0 Å². The number of hydrogen-bond donors (Lipinski definition) is 1. The highest BCUT2D eigenvalue weighted by atomic mass is 16.2. The predicted octanol–water partition coefficient (Wildman–Crippen LogP) is -0.537. The van der Waals surface area contributed by atoms with E-state index >= 15 is 0 Å². The number of amides is 1. The fraction of sp³-hybridized carbons (Fsp3) is 0.750. The third kappa shape index (κ3) is 0.761. The Kier molecular flexibility index (Phi) is 1.05. The van der Waals surface area contributed by atoms with Gasteiger partial charge in [-0.25, -0.2) is 0 Å². The van der Waals surface area contributed by atoms with E-state index in [1.54, 1.807) is 0 Å². The van der Waals surface area contributed by atoms with Crippen molar-refractivity contribution in [3.63, 3.8) is 0 Å². The minimum atomic E-state index is -0.236. The van der Waals surface area contributed by atoms with Crippen molar-refractivity contribution in [2.24, 2.45) is 0 Å². The van der Waals surface area contributed by atoms with E-state index in [-0.39, 0.29) is 11.7 Å². The average Bonchev–Trinajstić information content (AvgIpc) is 1.91. The Morgan fingerprint density at radius 3 is 2.71 bits per heavy atom. The molecule has 1 atom stereocenters. The first kappa shape index (κ1) is 4.69. The van der Waals surface area contributed by atoms with Gasteiger partial charge in [0.2, 0.25) is 5.91 Å². The van der Waals surface area contributed by atoms with Crippen LogP contribution in [0.2, 0.25) is 5.82 Å². The fourth-order valence-electron chi connectivity index (χ4n) is 0.613. The molecule has 7 heavy (non-hydrogen) atoms. The van der Waals surface area contributed by atoms with Crippen LogP contribution in [0.1, 0.15) is 6.42 Å². The number of rotatable bonds is 0. The molecule has 0 aliphatic carbocycles. The summed E-state index contributed by atoms with van der Waals surface area (Å²) in [7, 11) is 5.27. The highest BCUT2D eigenvalue weighted by molar-refractivity contribution is 6.24. The molecule has 1 aliphatic rings. The van der Waals surface area contributed by atoms with Gasteiger partial charge in [0, 0.05) is 12.4 Å². The summed E-state index contributed by atoms with van der Waals surface area (Å²) < 4.78 is 0. The maximum atomic E-state index is 10.3. The number of nitrogens with one attached hydrogen (secondary N) is 1. The Balaban J connectivity index is 2.48. The molecule has 36 valence electrons. The number of hydrogen-bond acceptors (Lipinski definition) is 1. The molecule has 1 rings (SSSR count). The Morgan fingerprint density at radius 1 is 1.86 bits per heavy atom. The lowest BCUT2D eigenvalue weighted by Gasteiger charge is -1.90. The van der Waals surface area contributed by atoms with Gasteiger partial charge in [0.1, 0.15) is 0 Å². The van der Waals surface area contributed by atoms with Crippen molar-refractivity contribution in [2.45, 2.75) is 12.2 Å². The van der Waals surface area contributed by atoms with E-state index < -0.39 is 0 Å². The first-order valence-electron chi connectivity index (χ1n) is 2.34. The normalized spacial score (nSPS) is 30.3. The highest BCUT2D eigenvalue weighted by Crippen LogP contribution is 2.09. The Bertz CT molecular complexity index is 93.7. The van der Waals surface area contributed by atoms with Crippen LogP contribution in [0, 0.1) is 0 Å². The minimum Gasteiger partial charge on any atom is -0.357 e. The van der Waals surface area contributed by atoms with Gasteiger partial charge >= 0.3 is 0 Å². The van der Waals surface area contributed by atoms with Crippen LogP contribution in [-0.4, -0.2) is 20.3 Å². The van der Waals surface area contributed by atoms with E-state index in [1.807, 2.05) is 0 Å². The van der Waals surface area contributed by atoms with E-state index in [4.69, 9.17) is 7.85 Å². The zero-order valence-corrected chi connectivity index (χ0v) is 3.98. The van der Waals surface area contributed by atoms with Gasteiger partial charge in [-0.3, -0.25) is 4.79 Å². The standard InChI is InChI=1S/C4H6BNO/c5-3-1-2-6-4(3)7/h3H,1-2H2,(H,6,7). The van der Waals surface area contributed by atoms with Gasteiger partial charge in [0.05, 0.1) is 7.85 Å². The molecule has 1 N–H and O–H groups in total. The van der Waals surface area contributed by atoms with E-state index in [0.29, 0.717) is 0 Å². The summed E-state index contributed by atoms with van der Waals surface area (Å²) in [6, 6.07) is 0. The van der Waals surface area contributed by atoms with Gasteiger partial charge in [0.25, 0.3) is 0 Å². The quantitative estimate of drug-likeness (QED) is 0.402. The molecule has 1 aliphatic heterocycles. The van der Waals surface area contributed by atoms with Crippen molar-refractivity contribution in [3.8, 4) is 0 Å². The second-order valence-corrected chi connectivity index (χ2v) is 1.69. The molecule has 3 heteroatoms. The molecule has 2 radical (unpaired) electrons. The first-order chi connectivity index (χ1) is 3.30. The molecule has 1 heterocycles. The Morgan fingerprint density at radius 2 is 2.57 bits per heavy atom. The van der Waals surface area contributed by atoms with Gasteiger partial charge in [-0.05, 0) is 6.42 Å². The predicted molar refractivity (Wildman–Crippen MR) is 27.1 cm³/mol. The third-order valence-electron chi connectivity index (χ3n) is 1.09. The number of carbonyl (C=O) groups is 1. The Hall–Kier alpha value is -0.465. The molecular formula is C4H6BNO. The third-order valence-corrected chi connectivity index (χ3v) is 1.09. The summed E-state index contributed by atoms with van der Waals surface area (Å²) in [6.45, 7) is 0.750. The smallest absolute Gasteiger partial charge is 0.214 e. The summed E-state index contributed by atoms with van der Waals surface area (Å²) in [5, 5.41) is 2.61. The topological polar surface area (TPSA) is 29.1 Å². The lowest BCUT2D eigenvalue weighted by Crippen LogP contribution is -2.15. The average molecular weight is 94.9 g/mol. The SMILES string of the molecule is [B]C1CCNC1=O. The monoisotopic (exact) mass is 95.1 g/mol. The van der Waals surface area contributed by atoms with Crippen LogP contribution in [0.15, 0.2) is 0 Å². The molecular weight excluding hydrogens is 88.9 g/mol. The molecule has 0 bridgehead atoms. The lowest BCUT2D eigenvalue weighted by atomic mass is 9.86. The van der Waals surface area contributed by atoms with Gasteiger partial charge in [-0.2, -0.15) is 0 Å². The summed E-state index contributed by atoms with van der Waals surface area (Å²) in [5.41, 5.74) is 0. The van der Waals surface area contributed by atoms with Crippen molar-refractivity contribution in [1.82, 2.24) is 5.32 Å². The zero-order valence-electron chi connectivity index (χ0n) is 3.98. The van der Waals surface area contributed by atoms with Crippen molar-refractivity contribution in [3.05, 3.63) is 0 Å². The maximum absolute atomic E-state index is 10.3. The molecule has 0 spiro atoms. The van der Waals surface area contributed by atoms with E-state index in [1.165, 1.54) is 0 Å². The molecule has 1 amide bonds. The van der Waals surface area contributed by atoms with Gasteiger partial charge in [-0.1, -0.05) is 0 Å². The summed E-state index contributed by atoms with van der Waals surface area (Å²) in [5.74, 6) is -0.250. The minimum absolute atomic E-state index is 0.0139. The van der Waals surface area contributed by atoms with Crippen molar-refractivity contribution in [1.29, 1.82) is 0 Å². The largest absolute Gasteiger partial charge is 0.357 e. The van der Waals surface area contributed by atoms with E-state index in [9.17, 15) is 4.79 Å². The van der Waals surface area contributed by atoms with Crippen LogP contribution >= 0.6 is 0 Å². The Labute approximate surface area is 43.7 Å². The van der Waals surface area contributed by atoms with Gasteiger partial charge < -0.3 is 5.32 Å². The molecule has 0 aromatic rings. The zero-order chi connectivity index (χ0) is 5.28. The van der Waals surface area contributed by atoms with Crippen molar-refractivity contribution >= 4 is 13.8 Å².